The standard InChI is InChI=1S/3C4H9.2Al.O/c3*1-4(2)3;;;/h3*4H,1H2,2-3H3;;;. The molecule has 0 rings (SSSR count). The molecule has 0 unspecified atom stereocenters. The molecule has 1 nitrogen and oxygen atoms in total. The fourth-order valence-electron chi connectivity index (χ4n) is 1.64. The summed E-state index contributed by atoms with van der Waals surface area (Å²) in [5, 5.41) is 4.03. The summed E-state index contributed by atoms with van der Waals surface area (Å²) in [6, 6.07) is 0. The highest BCUT2D eigenvalue weighted by molar-refractivity contribution is 6.58. The van der Waals surface area contributed by atoms with Crippen LogP contribution in [0.4, 0.5) is 0 Å². The predicted molar refractivity (Wildman–Crippen MR) is 71.5 cm³/mol. The number of hydrogen-bond acceptors (Lipinski definition) is 1. The summed E-state index contributed by atoms with van der Waals surface area (Å²) in [7, 11) is 0. The Morgan fingerprint density at radius 2 is 1.33 bits per heavy atom. The maximum Gasteiger partial charge on any atom is 0.430 e. The summed E-state index contributed by atoms with van der Waals surface area (Å²) in [5.74, 6) is 2.45. The van der Waals surface area contributed by atoms with E-state index < -0.39 is 14.5 Å². The van der Waals surface area contributed by atoms with Crippen LogP contribution in [0.25, 0.3) is 0 Å². The van der Waals surface area contributed by atoms with Crippen molar-refractivity contribution in [3.05, 3.63) is 0 Å². The van der Waals surface area contributed by atoms with Gasteiger partial charge in [0, 0.05) is 0 Å². The lowest BCUT2D eigenvalue weighted by molar-refractivity contribution is 0.541. The first kappa shape index (κ1) is 16.0. The van der Waals surface area contributed by atoms with Gasteiger partial charge in [-0.15, -0.1) is 0 Å². The van der Waals surface area contributed by atoms with Crippen LogP contribution in [0, 0.1) is 17.8 Å². The van der Waals surface area contributed by atoms with Gasteiger partial charge < -0.3 is 2.84 Å². The molecule has 15 heavy (non-hydrogen) atoms. The third-order valence-corrected chi connectivity index (χ3v) is 8.71. The lowest BCUT2D eigenvalue weighted by Gasteiger charge is -2.18. The third-order valence-electron chi connectivity index (χ3n) is 2.32. The first-order chi connectivity index (χ1) is 6.91. The minimum absolute atomic E-state index is 0.273. The monoisotopic (exact) mass is 241 g/mol. The summed E-state index contributed by atoms with van der Waals surface area (Å²) >= 11 is -0.598. The molecule has 0 amide bonds. The van der Waals surface area contributed by atoms with Crippen LogP contribution in [0.5, 0.6) is 0 Å². The number of hydrogen-bond donors (Lipinski definition) is 0. The SMILES string of the molecule is CC(C)[CH2][Al][O][Al]([CH2]C(C)C)[CH2]C(C)C. The quantitative estimate of drug-likeness (QED) is 0.584. The van der Waals surface area contributed by atoms with Crippen molar-refractivity contribution in [3.63, 3.8) is 0 Å². The molecule has 87 valence electrons. The zero-order valence-corrected chi connectivity index (χ0v) is 13.7. The minimum Gasteiger partial charge on any atom is -0.643 e. The Labute approximate surface area is 108 Å². The lowest BCUT2D eigenvalue weighted by Crippen LogP contribution is -2.24. The molecule has 0 aliphatic carbocycles. The van der Waals surface area contributed by atoms with E-state index in [1.165, 1.54) is 15.8 Å². The molecule has 0 aliphatic rings. The van der Waals surface area contributed by atoms with Crippen LogP contribution < -0.4 is 0 Å². The van der Waals surface area contributed by atoms with Gasteiger partial charge in [-0.1, -0.05) is 75.1 Å². The van der Waals surface area contributed by atoms with Crippen LogP contribution in [-0.2, 0) is 2.84 Å². The number of rotatable bonds is 8. The van der Waals surface area contributed by atoms with Gasteiger partial charge >= 0.3 is 30.0 Å². The predicted octanol–water partition coefficient (Wildman–Crippen LogP) is 4.00. The zero-order chi connectivity index (χ0) is 11.8. The van der Waals surface area contributed by atoms with Crippen molar-refractivity contribution in [2.45, 2.75) is 57.4 Å². The van der Waals surface area contributed by atoms with Crippen molar-refractivity contribution in [1.82, 2.24) is 0 Å². The van der Waals surface area contributed by atoms with E-state index in [-0.39, 0.29) is 15.6 Å². The second kappa shape index (κ2) is 9.10. The summed E-state index contributed by atoms with van der Waals surface area (Å²) in [5.41, 5.74) is 0. The van der Waals surface area contributed by atoms with Crippen molar-refractivity contribution in [2.75, 3.05) is 0 Å². The van der Waals surface area contributed by atoms with E-state index in [1.807, 2.05) is 0 Å². The van der Waals surface area contributed by atoms with Crippen molar-refractivity contribution in [3.8, 4) is 0 Å². The minimum atomic E-state index is -0.871. The summed E-state index contributed by atoms with van der Waals surface area (Å²) < 4.78 is 6.20. The molecule has 0 spiro atoms. The average Bonchev–Trinajstić information content (AvgIpc) is 2.00. The molecule has 3 heteroatoms. The van der Waals surface area contributed by atoms with Gasteiger partial charge in [-0.2, -0.15) is 0 Å². The van der Waals surface area contributed by atoms with Crippen LogP contribution in [0.3, 0.4) is 0 Å². The van der Waals surface area contributed by atoms with Gasteiger partial charge in [0.1, 0.15) is 0 Å². The molecule has 0 bridgehead atoms. The van der Waals surface area contributed by atoms with E-state index in [1.54, 1.807) is 0 Å². The van der Waals surface area contributed by atoms with Gasteiger partial charge in [0.05, 0.1) is 0 Å². The van der Waals surface area contributed by atoms with Crippen molar-refractivity contribution in [1.29, 1.82) is 0 Å². The van der Waals surface area contributed by atoms with Crippen LogP contribution >= 0.6 is 0 Å². The second-order valence-electron chi connectivity index (χ2n) is 5.81. The lowest BCUT2D eigenvalue weighted by atomic mass is 10.3. The molecule has 0 aromatic heterocycles. The van der Waals surface area contributed by atoms with Gasteiger partial charge in [-0.25, -0.2) is 0 Å². The summed E-state index contributed by atoms with van der Waals surface area (Å²) in [6.07, 6.45) is 0. The fourth-order valence-corrected chi connectivity index (χ4v) is 6.75. The molecule has 0 heterocycles. The Kier molecular flexibility index (Phi) is 9.72. The Bertz CT molecular complexity index is 137. The van der Waals surface area contributed by atoms with Crippen LogP contribution in [0.1, 0.15) is 41.5 Å². The van der Waals surface area contributed by atoms with E-state index in [4.69, 9.17) is 2.84 Å². The van der Waals surface area contributed by atoms with E-state index in [0.717, 1.165) is 17.8 Å². The van der Waals surface area contributed by atoms with Gasteiger partial charge in [-0.3, -0.25) is 0 Å². The van der Waals surface area contributed by atoms with E-state index in [2.05, 4.69) is 41.5 Å². The normalized spacial score (nSPS) is 11.5. The Morgan fingerprint density at radius 3 is 1.67 bits per heavy atom. The summed E-state index contributed by atoms with van der Waals surface area (Å²) in [4.78, 5) is 0. The van der Waals surface area contributed by atoms with Crippen molar-refractivity contribution >= 4 is 30.0 Å². The highest BCUT2D eigenvalue weighted by Crippen LogP contribution is 2.15. The average molecular weight is 241 g/mol. The molecular weight excluding hydrogens is 214 g/mol. The Balaban J connectivity index is 3.79. The molecule has 0 fully saturated rings. The molecule has 0 atom stereocenters. The molecule has 1 radical (unpaired) electrons. The van der Waals surface area contributed by atoms with Gasteiger partial charge in [0.2, 0.25) is 0 Å². The first-order valence-electron chi connectivity index (χ1n) is 6.38. The largest absolute Gasteiger partial charge is 0.643 e. The van der Waals surface area contributed by atoms with Gasteiger partial charge in [0.25, 0.3) is 0 Å². The van der Waals surface area contributed by atoms with Crippen LogP contribution in [-0.4, -0.2) is 30.0 Å². The van der Waals surface area contributed by atoms with Gasteiger partial charge in [-0.05, 0) is 0 Å². The Hall–Kier alpha value is 1.02. The maximum absolute atomic E-state index is 6.20. The molecule has 0 aromatic rings. The molecule has 0 N–H and O–H groups in total. The Morgan fingerprint density at radius 1 is 0.867 bits per heavy atom. The second-order valence-corrected chi connectivity index (χ2v) is 9.89. The smallest absolute Gasteiger partial charge is 0.430 e. The van der Waals surface area contributed by atoms with Crippen LogP contribution in [0.2, 0.25) is 15.8 Å². The summed E-state index contributed by atoms with van der Waals surface area (Å²) in [6.45, 7) is 13.9. The molecule has 0 saturated carbocycles. The fraction of sp³-hybridized carbons (Fsp3) is 1.00. The third kappa shape index (κ3) is 11.3. The topological polar surface area (TPSA) is 9.23 Å². The van der Waals surface area contributed by atoms with E-state index >= 15 is 0 Å². The molecule has 0 aromatic carbocycles. The van der Waals surface area contributed by atoms with Gasteiger partial charge in [0.15, 0.2) is 0 Å². The van der Waals surface area contributed by atoms with E-state index in [9.17, 15) is 0 Å². The van der Waals surface area contributed by atoms with Crippen molar-refractivity contribution in [2.24, 2.45) is 17.8 Å². The highest BCUT2D eigenvalue weighted by Gasteiger charge is 2.22. The zero-order valence-electron chi connectivity index (χ0n) is 11.4. The van der Waals surface area contributed by atoms with Crippen molar-refractivity contribution < 1.29 is 2.84 Å². The molecular formula is C12H27Al2O. The first-order valence-corrected chi connectivity index (χ1v) is 9.78. The maximum atomic E-state index is 6.20. The molecule has 0 aliphatic heterocycles. The molecule has 0 saturated heterocycles. The highest BCUT2D eigenvalue weighted by atomic mass is 27.3. The van der Waals surface area contributed by atoms with Crippen LogP contribution in [0.15, 0.2) is 0 Å². The van der Waals surface area contributed by atoms with E-state index in [0.29, 0.717) is 0 Å².